The SMILES string of the molecule is C=CC(=O)OC(CCCCC)OC. The molecule has 0 amide bonds. The minimum Gasteiger partial charge on any atom is -0.433 e. The quantitative estimate of drug-likeness (QED) is 0.265. The van der Waals surface area contributed by atoms with E-state index in [4.69, 9.17) is 9.47 Å². The average molecular weight is 186 g/mol. The van der Waals surface area contributed by atoms with E-state index >= 15 is 0 Å². The minimum atomic E-state index is -0.427. The average Bonchev–Trinajstić information content (AvgIpc) is 2.16. The summed E-state index contributed by atoms with van der Waals surface area (Å²) in [4.78, 5) is 10.8. The van der Waals surface area contributed by atoms with Crippen molar-refractivity contribution < 1.29 is 14.3 Å². The molecule has 0 aromatic carbocycles. The number of hydrogen-bond acceptors (Lipinski definition) is 3. The second kappa shape index (κ2) is 7.80. The summed E-state index contributed by atoms with van der Waals surface area (Å²) in [7, 11) is 1.53. The molecule has 76 valence electrons. The van der Waals surface area contributed by atoms with E-state index in [-0.39, 0.29) is 0 Å². The van der Waals surface area contributed by atoms with Gasteiger partial charge in [0.1, 0.15) is 0 Å². The lowest BCUT2D eigenvalue weighted by Crippen LogP contribution is -2.18. The zero-order valence-corrected chi connectivity index (χ0v) is 8.41. The van der Waals surface area contributed by atoms with E-state index in [0.29, 0.717) is 0 Å². The summed E-state index contributed by atoms with van der Waals surface area (Å²) in [5.74, 6) is -0.427. The third-order valence-corrected chi connectivity index (χ3v) is 1.72. The van der Waals surface area contributed by atoms with Crippen LogP contribution in [-0.4, -0.2) is 19.4 Å². The smallest absolute Gasteiger partial charge is 0.332 e. The van der Waals surface area contributed by atoms with Gasteiger partial charge in [-0.25, -0.2) is 4.79 Å². The van der Waals surface area contributed by atoms with Crippen molar-refractivity contribution in [3.8, 4) is 0 Å². The molecule has 0 N–H and O–H groups in total. The van der Waals surface area contributed by atoms with Gasteiger partial charge in [0.15, 0.2) is 0 Å². The summed E-state index contributed by atoms with van der Waals surface area (Å²) in [6, 6.07) is 0. The Morgan fingerprint density at radius 2 is 2.23 bits per heavy atom. The third-order valence-electron chi connectivity index (χ3n) is 1.72. The minimum absolute atomic E-state index is 0.419. The van der Waals surface area contributed by atoms with Crippen molar-refractivity contribution in [3.63, 3.8) is 0 Å². The number of unbranched alkanes of at least 4 members (excludes halogenated alkanes) is 2. The topological polar surface area (TPSA) is 35.5 Å². The molecule has 3 heteroatoms. The lowest BCUT2D eigenvalue weighted by molar-refractivity contribution is -0.168. The Bertz CT molecular complexity index is 154. The lowest BCUT2D eigenvalue weighted by Gasteiger charge is -2.14. The van der Waals surface area contributed by atoms with E-state index in [2.05, 4.69) is 13.5 Å². The highest BCUT2D eigenvalue weighted by molar-refractivity contribution is 5.81. The Morgan fingerprint density at radius 1 is 1.54 bits per heavy atom. The molecule has 0 aliphatic carbocycles. The van der Waals surface area contributed by atoms with Crippen molar-refractivity contribution in [3.05, 3.63) is 12.7 Å². The Kier molecular flexibility index (Phi) is 7.30. The van der Waals surface area contributed by atoms with Crippen LogP contribution in [0.4, 0.5) is 0 Å². The van der Waals surface area contributed by atoms with Crippen LogP contribution >= 0.6 is 0 Å². The van der Waals surface area contributed by atoms with Gasteiger partial charge >= 0.3 is 5.97 Å². The molecule has 0 aliphatic rings. The van der Waals surface area contributed by atoms with Crippen LogP contribution in [0.5, 0.6) is 0 Å². The van der Waals surface area contributed by atoms with Crippen LogP contribution in [-0.2, 0) is 14.3 Å². The summed E-state index contributed by atoms with van der Waals surface area (Å²) in [6.45, 7) is 5.44. The van der Waals surface area contributed by atoms with E-state index in [1.807, 2.05) is 0 Å². The van der Waals surface area contributed by atoms with Gasteiger partial charge in [-0.1, -0.05) is 26.3 Å². The Hall–Kier alpha value is -0.830. The van der Waals surface area contributed by atoms with Crippen molar-refractivity contribution in [1.29, 1.82) is 0 Å². The number of hydrogen-bond donors (Lipinski definition) is 0. The molecule has 0 aromatic rings. The maximum atomic E-state index is 10.8. The van der Waals surface area contributed by atoms with Gasteiger partial charge in [-0.05, 0) is 6.42 Å². The highest BCUT2D eigenvalue weighted by Gasteiger charge is 2.09. The van der Waals surface area contributed by atoms with Crippen LogP contribution in [0.1, 0.15) is 32.6 Å². The monoisotopic (exact) mass is 186 g/mol. The Balaban J connectivity index is 3.62. The highest BCUT2D eigenvalue weighted by Crippen LogP contribution is 2.07. The summed E-state index contributed by atoms with van der Waals surface area (Å²) in [5.41, 5.74) is 0. The number of carbonyl (C=O) groups excluding carboxylic acids is 1. The van der Waals surface area contributed by atoms with E-state index in [0.717, 1.165) is 31.8 Å². The van der Waals surface area contributed by atoms with E-state index in [1.54, 1.807) is 0 Å². The molecule has 1 unspecified atom stereocenters. The molecule has 0 fully saturated rings. The number of ether oxygens (including phenoxy) is 2. The number of carbonyl (C=O) groups is 1. The van der Waals surface area contributed by atoms with Crippen molar-refractivity contribution in [2.24, 2.45) is 0 Å². The lowest BCUT2D eigenvalue weighted by atomic mass is 10.2. The fourth-order valence-corrected chi connectivity index (χ4v) is 0.964. The van der Waals surface area contributed by atoms with Crippen LogP contribution in [0.25, 0.3) is 0 Å². The number of methoxy groups -OCH3 is 1. The molecular weight excluding hydrogens is 168 g/mol. The molecular formula is C10H18O3. The van der Waals surface area contributed by atoms with Gasteiger partial charge in [-0.2, -0.15) is 0 Å². The summed E-state index contributed by atoms with van der Waals surface area (Å²) < 4.78 is 9.89. The van der Waals surface area contributed by atoms with Gasteiger partial charge in [-0.15, -0.1) is 0 Å². The standard InChI is InChI=1S/C10H18O3/c1-4-6-7-8-10(12-3)13-9(11)5-2/h5,10H,2,4,6-8H2,1,3H3. The normalized spacial score (nSPS) is 12.2. The van der Waals surface area contributed by atoms with Crippen LogP contribution < -0.4 is 0 Å². The van der Waals surface area contributed by atoms with Crippen molar-refractivity contribution >= 4 is 5.97 Å². The van der Waals surface area contributed by atoms with Crippen LogP contribution in [0.15, 0.2) is 12.7 Å². The number of rotatable bonds is 7. The van der Waals surface area contributed by atoms with Crippen LogP contribution in [0.2, 0.25) is 0 Å². The predicted molar refractivity (Wildman–Crippen MR) is 51.2 cm³/mol. The molecule has 0 saturated heterocycles. The van der Waals surface area contributed by atoms with Crippen molar-refractivity contribution in [2.75, 3.05) is 7.11 Å². The third kappa shape index (κ3) is 6.34. The molecule has 13 heavy (non-hydrogen) atoms. The second-order valence-corrected chi connectivity index (χ2v) is 2.80. The summed E-state index contributed by atoms with van der Waals surface area (Å²) in [5, 5.41) is 0. The summed E-state index contributed by atoms with van der Waals surface area (Å²) in [6.07, 6.45) is 4.77. The fourth-order valence-electron chi connectivity index (χ4n) is 0.964. The van der Waals surface area contributed by atoms with Crippen molar-refractivity contribution in [1.82, 2.24) is 0 Å². The van der Waals surface area contributed by atoms with Crippen LogP contribution in [0.3, 0.4) is 0 Å². The molecule has 0 aromatic heterocycles. The van der Waals surface area contributed by atoms with Gasteiger partial charge in [-0.3, -0.25) is 0 Å². The first kappa shape index (κ1) is 12.2. The highest BCUT2D eigenvalue weighted by atomic mass is 16.7. The fraction of sp³-hybridized carbons (Fsp3) is 0.700. The zero-order chi connectivity index (χ0) is 10.1. The molecule has 1 atom stereocenters. The molecule has 0 saturated carbocycles. The van der Waals surface area contributed by atoms with E-state index in [1.165, 1.54) is 7.11 Å². The van der Waals surface area contributed by atoms with Gasteiger partial charge in [0.05, 0.1) is 0 Å². The molecule has 0 spiro atoms. The van der Waals surface area contributed by atoms with Gasteiger partial charge in [0, 0.05) is 19.6 Å². The van der Waals surface area contributed by atoms with Gasteiger partial charge in [0.2, 0.25) is 6.29 Å². The molecule has 0 rings (SSSR count). The molecule has 0 bridgehead atoms. The molecule has 0 heterocycles. The molecule has 0 aliphatic heterocycles. The molecule has 3 nitrogen and oxygen atoms in total. The van der Waals surface area contributed by atoms with Gasteiger partial charge in [0.25, 0.3) is 0 Å². The first-order valence-corrected chi connectivity index (χ1v) is 4.60. The first-order valence-electron chi connectivity index (χ1n) is 4.60. The maximum Gasteiger partial charge on any atom is 0.332 e. The maximum absolute atomic E-state index is 10.8. The summed E-state index contributed by atoms with van der Waals surface area (Å²) >= 11 is 0. The second-order valence-electron chi connectivity index (χ2n) is 2.80. The Labute approximate surface area is 79.7 Å². The zero-order valence-electron chi connectivity index (χ0n) is 8.41. The van der Waals surface area contributed by atoms with E-state index in [9.17, 15) is 4.79 Å². The van der Waals surface area contributed by atoms with Crippen molar-refractivity contribution in [2.45, 2.75) is 38.9 Å². The van der Waals surface area contributed by atoms with E-state index < -0.39 is 12.3 Å². The molecule has 0 radical (unpaired) electrons. The number of esters is 1. The largest absolute Gasteiger partial charge is 0.433 e. The first-order chi connectivity index (χ1) is 6.24. The van der Waals surface area contributed by atoms with Gasteiger partial charge < -0.3 is 9.47 Å². The Morgan fingerprint density at radius 3 is 2.69 bits per heavy atom. The van der Waals surface area contributed by atoms with Crippen LogP contribution in [0, 0.1) is 0 Å². The predicted octanol–water partition coefficient (Wildman–Crippen LogP) is 2.27.